The van der Waals surface area contributed by atoms with E-state index in [2.05, 4.69) is 5.32 Å². The number of hydrogen-bond donors (Lipinski definition) is 4. The van der Waals surface area contributed by atoms with Crippen molar-refractivity contribution in [1.82, 2.24) is 14.7 Å². The molecule has 1 unspecified atom stereocenters. The highest BCUT2D eigenvalue weighted by Gasteiger charge is 2.59. The van der Waals surface area contributed by atoms with E-state index in [4.69, 9.17) is 42.6 Å². The van der Waals surface area contributed by atoms with Crippen LogP contribution < -0.4 is 10.2 Å². The van der Waals surface area contributed by atoms with Crippen LogP contribution in [0.3, 0.4) is 0 Å². The maximum Gasteiger partial charge on any atom is 0.509 e. The van der Waals surface area contributed by atoms with E-state index in [1.165, 1.54) is 7.11 Å². The van der Waals surface area contributed by atoms with E-state index < -0.39 is 120 Å². The maximum absolute atomic E-state index is 14.8. The largest absolute Gasteiger partial charge is 0.509 e. The van der Waals surface area contributed by atoms with Crippen LogP contribution in [-0.4, -0.2) is 224 Å². The Kier molecular flexibility index (Phi) is 20.4. The Morgan fingerprint density at radius 2 is 1.62 bits per heavy atom. The highest BCUT2D eigenvalue weighted by molar-refractivity contribution is 6.13. The number of ketones is 1. The fraction of sp³-hybridized carbons (Fsp3) is 0.810. The number of methoxy groups -OCH3 is 1. The summed E-state index contributed by atoms with van der Waals surface area (Å²) in [6.45, 7) is 20.2. The molecular weight excluding hydrogens is 1040 g/mol. The van der Waals surface area contributed by atoms with Crippen molar-refractivity contribution in [3.8, 4) is 0 Å². The van der Waals surface area contributed by atoms with Crippen molar-refractivity contribution in [3.63, 3.8) is 0 Å². The van der Waals surface area contributed by atoms with Gasteiger partial charge in [0.05, 0.1) is 42.4 Å². The molecule has 19 atom stereocenters. The molecule has 1 aliphatic carbocycles. The number of carboxylic acids is 1. The molecule has 22 nitrogen and oxygen atoms in total. The monoisotopic (exact) mass is 1130 g/mol. The number of carbonyl (C=O) groups is 5. The Balaban J connectivity index is 1.07. The normalized spacial score (nSPS) is 39.5. The molecule has 0 amide bonds. The molecule has 0 bridgehead atoms. The number of benzene rings is 1. The number of esters is 2. The van der Waals surface area contributed by atoms with E-state index in [-0.39, 0.29) is 62.1 Å². The topological polar surface area (TPSA) is 254 Å². The lowest BCUT2D eigenvalue weighted by Gasteiger charge is -2.49. The zero-order valence-corrected chi connectivity index (χ0v) is 49.9. The number of carboxylic acid groups (broad SMARTS) is 1. The van der Waals surface area contributed by atoms with Crippen LogP contribution in [0.5, 0.6) is 0 Å². The summed E-state index contributed by atoms with van der Waals surface area (Å²) in [5.41, 5.74) is -2.28. The van der Waals surface area contributed by atoms with Gasteiger partial charge in [-0.25, -0.2) is 4.79 Å². The highest BCUT2D eigenvalue weighted by atomic mass is 16.8. The predicted molar refractivity (Wildman–Crippen MR) is 294 cm³/mol. The smallest absolute Gasteiger partial charge is 0.481 e. The van der Waals surface area contributed by atoms with E-state index >= 15 is 0 Å². The van der Waals surface area contributed by atoms with Crippen molar-refractivity contribution >= 4 is 41.2 Å². The molecule has 1 aromatic carbocycles. The van der Waals surface area contributed by atoms with E-state index in [9.17, 15) is 39.3 Å². The molecule has 1 aromatic rings. The minimum atomic E-state index is -1.63. The number of ether oxygens (including phenoxy) is 9. The van der Waals surface area contributed by atoms with Gasteiger partial charge in [-0.05, 0) is 133 Å². The van der Waals surface area contributed by atoms with Crippen LogP contribution in [0.25, 0.3) is 0 Å². The average molecular weight is 1130 g/mol. The summed E-state index contributed by atoms with van der Waals surface area (Å²) < 4.78 is 57.2. The van der Waals surface area contributed by atoms with Gasteiger partial charge in [0.1, 0.15) is 23.7 Å². The molecule has 0 aromatic heterocycles. The van der Waals surface area contributed by atoms with Crippen LogP contribution in [0.4, 0.5) is 16.2 Å². The molecule has 80 heavy (non-hydrogen) atoms. The Morgan fingerprint density at radius 3 is 2.26 bits per heavy atom. The lowest BCUT2D eigenvalue weighted by molar-refractivity contribution is -0.318. The van der Waals surface area contributed by atoms with E-state index in [1.807, 2.05) is 101 Å². The standard InChI is InChI=1S/C58H93N5O17/c1-16-43-58(10)50(79-55(70)80-58)35(6)62(14)29-31(2)27-56(8,71)49(78-54-47(66)42(60(11)12)25-32(3)73-54)33(4)48(34(5)53(69)75-43)77-45-28-57(9,72-15)51(36(7)74-45)76-44(64)21-23-61(13)24-22-59-37-17-20-41-39(26-37)46(65)40(52(67)68)30-63(41)38-18-19-38/h17,20,26,31-36,38,40,42-43,45,47-51,54,59,66,71H,16,18-19,21-25,27-30H2,1-15H3,(H,67,68)/t31-,32-,33+,34-,35-,36+,40?,42+,43-,45+,47-,48+,49+,50-,51+,54+,56-,57-,58-/m1/s1. The van der Waals surface area contributed by atoms with Gasteiger partial charge >= 0.3 is 24.1 Å². The molecule has 5 fully saturated rings. The van der Waals surface area contributed by atoms with Crippen LogP contribution in [0, 0.1) is 23.7 Å². The second kappa shape index (κ2) is 25.7. The van der Waals surface area contributed by atoms with Gasteiger partial charge in [0.15, 0.2) is 36.2 Å². The maximum atomic E-state index is 14.8. The first-order valence-electron chi connectivity index (χ1n) is 28.9. The molecule has 5 aliphatic heterocycles. The number of hydrogen-bond acceptors (Lipinski definition) is 21. The van der Waals surface area contributed by atoms with Gasteiger partial charge in [-0.1, -0.05) is 20.8 Å². The molecule has 22 heteroatoms. The molecule has 0 radical (unpaired) electrons. The van der Waals surface area contributed by atoms with Gasteiger partial charge in [0.2, 0.25) is 0 Å². The van der Waals surface area contributed by atoms with Crippen LogP contribution in [0.2, 0.25) is 0 Å². The number of fused-ring (bicyclic) bond motifs is 2. The molecule has 4 saturated heterocycles. The Bertz CT molecular complexity index is 2340. The summed E-state index contributed by atoms with van der Waals surface area (Å²) in [6, 6.07) is 5.04. The third kappa shape index (κ3) is 14.0. The first-order valence-corrected chi connectivity index (χ1v) is 28.9. The van der Waals surface area contributed by atoms with Gasteiger partial charge in [0.25, 0.3) is 0 Å². The number of anilines is 2. The lowest BCUT2D eigenvalue weighted by atomic mass is 9.77. The molecular formula is C58H93N5O17. The van der Waals surface area contributed by atoms with Gasteiger partial charge in [-0.2, -0.15) is 0 Å². The first kappa shape index (κ1) is 63.4. The number of Topliss-reactive ketones (excluding diaryl/α,β-unsaturated/α-hetero) is 1. The molecule has 1 saturated carbocycles. The number of aliphatic hydroxyl groups excluding tert-OH is 1. The van der Waals surface area contributed by atoms with Crippen LogP contribution >= 0.6 is 0 Å². The van der Waals surface area contributed by atoms with Gasteiger partial charge in [-0.3, -0.25) is 24.1 Å². The molecule has 5 heterocycles. The van der Waals surface area contributed by atoms with Gasteiger partial charge in [0, 0.05) is 87.2 Å². The van der Waals surface area contributed by atoms with Crippen molar-refractivity contribution in [2.45, 2.75) is 211 Å². The van der Waals surface area contributed by atoms with Crippen molar-refractivity contribution in [2.24, 2.45) is 23.7 Å². The van der Waals surface area contributed by atoms with Crippen LogP contribution in [0.15, 0.2) is 18.2 Å². The Morgan fingerprint density at radius 1 is 0.925 bits per heavy atom. The molecule has 4 N–H and O–H groups in total. The summed E-state index contributed by atoms with van der Waals surface area (Å²) in [6.07, 6.45) is -7.07. The number of rotatable bonds is 17. The second-order valence-corrected chi connectivity index (χ2v) is 24.9. The molecule has 452 valence electrons. The minimum Gasteiger partial charge on any atom is -0.481 e. The SMILES string of the molecule is CC[C@H]1OC(=O)[C@H](C)[C@@H](O[C@H]2C[C@@](C)(OC)[C@@H](OC(=O)CCN(C)CCNc3ccc4c(c3)C(=O)C(C(=O)O)CN4C3CC3)[C@H](C)O2)[C@H](C)[C@H](O[C@@H]2O[C@H](C)C[C@H](N(C)C)[C@H]2O)[C@](C)(O)C[C@@H](C)CN(C)[C@H](C)[C@H]2OC(=O)O[C@@]21C. The van der Waals surface area contributed by atoms with Crippen molar-refractivity contribution < 1.29 is 81.9 Å². The quantitative estimate of drug-likeness (QED) is 0.0916. The first-order chi connectivity index (χ1) is 37.5. The minimum absolute atomic E-state index is 0.0477. The summed E-state index contributed by atoms with van der Waals surface area (Å²) >= 11 is 0. The van der Waals surface area contributed by atoms with Crippen LogP contribution in [0.1, 0.15) is 125 Å². The van der Waals surface area contributed by atoms with Gasteiger partial charge in [-0.15, -0.1) is 0 Å². The summed E-state index contributed by atoms with van der Waals surface area (Å²) in [4.78, 5) is 74.7. The van der Waals surface area contributed by atoms with Crippen LogP contribution in [-0.2, 0) is 57.0 Å². The number of aliphatic carboxylic acids is 1. The molecule has 7 rings (SSSR count). The molecule has 6 aliphatic rings. The lowest BCUT2D eigenvalue weighted by Crippen LogP contribution is -2.61. The number of nitrogens with zero attached hydrogens (tertiary/aromatic N) is 4. The third-order valence-electron chi connectivity index (χ3n) is 18.0. The number of likely N-dealkylation sites (N-methyl/N-ethyl adjacent to an activating group) is 3. The number of aliphatic hydroxyl groups is 2. The number of cyclic esters (lactones) is 1. The van der Waals surface area contributed by atoms with Gasteiger partial charge < -0.3 is 78.0 Å². The Labute approximate surface area is 472 Å². The zero-order chi connectivity index (χ0) is 58.9. The van der Waals surface area contributed by atoms with Crippen molar-refractivity contribution in [2.75, 3.05) is 78.2 Å². The fourth-order valence-electron chi connectivity index (χ4n) is 13.1. The third-order valence-corrected chi connectivity index (χ3v) is 18.0. The fourth-order valence-corrected chi connectivity index (χ4v) is 13.1. The highest BCUT2D eigenvalue weighted by Crippen LogP contribution is 2.44. The zero-order valence-electron chi connectivity index (χ0n) is 49.9. The number of nitrogens with one attached hydrogen (secondary N) is 1. The number of carbonyl (C=O) groups excluding carboxylic acids is 4. The van der Waals surface area contributed by atoms with E-state index in [0.29, 0.717) is 43.9 Å². The van der Waals surface area contributed by atoms with E-state index in [1.54, 1.807) is 33.8 Å². The summed E-state index contributed by atoms with van der Waals surface area (Å²) in [5.74, 6) is -5.84. The molecule has 0 spiro atoms. The van der Waals surface area contributed by atoms with E-state index in [0.717, 1.165) is 18.5 Å². The summed E-state index contributed by atoms with van der Waals surface area (Å²) in [7, 11) is 9.07. The van der Waals surface area contributed by atoms with Crippen molar-refractivity contribution in [1.29, 1.82) is 0 Å². The summed E-state index contributed by atoms with van der Waals surface area (Å²) in [5, 5.41) is 37.8. The average Bonchev–Trinajstić information content (AvgIpc) is 4.35. The Hall–Kier alpha value is -4.23. The predicted octanol–water partition coefficient (Wildman–Crippen LogP) is 4.93. The van der Waals surface area contributed by atoms with Crippen molar-refractivity contribution in [3.05, 3.63) is 23.8 Å². The second-order valence-electron chi connectivity index (χ2n) is 24.9.